The molecule has 0 saturated heterocycles. The lowest BCUT2D eigenvalue weighted by Gasteiger charge is -2.30. The molecule has 114 valence electrons. The van der Waals surface area contributed by atoms with E-state index < -0.39 is 0 Å². The number of hydrogen-bond acceptors (Lipinski definition) is 2. The molecular weight excluding hydrogens is 248 g/mol. The number of carbonyl (C=O) groups excluding carboxylic acids is 1. The van der Waals surface area contributed by atoms with E-state index in [1.165, 1.54) is 57.8 Å². The molecule has 3 aliphatic carbocycles. The average Bonchev–Trinajstić information content (AvgIpc) is 3.08. The molecule has 0 aromatic heterocycles. The molecular formula is C18H30O2. The highest BCUT2D eigenvalue weighted by Crippen LogP contribution is 2.49. The summed E-state index contributed by atoms with van der Waals surface area (Å²) in [6.45, 7) is 2.71. The Balaban J connectivity index is 1.57. The van der Waals surface area contributed by atoms with Crippen molar-refractivity contribution in [3.8, 4) is 0 Å². The van der Waals surface area contributed by atoms with Crippen LogP contribution >= 0.6 is 0 Å². The number of rotatable bonds is 6. The fraction of sp³-hybridized carbons (Fsp3) is 0.944. The molecule has 4 atom stereocenters. The topological polar surface area (TPSA) is 26.3 Å². The smallest absolute Gasteiger partial charge is 0.162 e. The number of fused-ring (bicyclic) bond motifs is 2. The van der Waals surface area contributed by atoms with E-state index in [1.807, 2.05) is 6.92 Å². The molecule has 2 bridgehead atoms. The van der Waals surface area contributed by atoms with Crippen molar-refractivity contribution in [2.75, 3.05) is 6.61 Å². The highest BCUT2D eigenvalue weighted by Gasteiger charge is 2.41. The van der Waals surface area contributed by atoms with Crippen LogP contribution in [0.1, 0.15) is 71.1 Å². The molecule has 20 heavy (non-hydrogen) atoms. The molecule has 4 unspecified atom stereocenters. The molecule has 3 saturated carbocycles. The second kappa shape index (κ2) is 6.60. The number of Topliss-reactive ketones (excluding diaryl/α,β-unsaturated/α-hetero) is 1. The molecule has 0 spiro atoms. The average molecular weight is 278 g/mol. The number of ketones is 1. The summed E-state index contributed by atoms with van der Waals surface area (Å²) >= 11 is 0. The summed E-state index contributed by atoms with van der Waals surface area (Å²) in [6, 6.07) is 0. The molecule has 2 heteroatoms. The summed E-state index contributed by atoms with van der Waals surface area (Å²) in [5.74, 6) is 3.43. The van der Waals surface area contributed by atoms with Crippen LogP contribution in [0.2, 0.25) is 0 Å². The zero-order valence-corrected chi connectivity index (χ0v) is 13.0. The van der Waals surface area contributed by atoms with Crippen LogP contribution in [-0.2, 0) is 9.53 Å². The fourth-order valence-electron chi connectivity index (χ4n) is 5.11. The van der Waals surface area contributed by atoms with Gasteiger partial charge in [-0.3, -0.25) is 4.79 Å². The SMILES string of the molecule is CCOC(C(=O)CC1CC2CCC1C2)C1CCCCC1. The van der Waals surface area contributed by atoms with E-state index in [1.54, 1.807) is 0 Å². The third-order valence-corrected chi connectivity index (χ3v) is 6.09. The van der Waals surface area contributed by atoms with Crippen molar-refractivity contribution in [3.05, 3.63) is 0 Å². The van der Waals surface area contributed by atoms with Gasteiger partial charge in [-0.2, -0.15) is 0 Å². The van der Waals surface area contributed by atoms with Gasteiger partial charge in [0.25, 0.3) is 0 Å². The Bertz CT molecular complexity index is 332. The first-order valence-corrected chi connectivity index (χ1v) is 8.92. The third kappa shape index (κ3) is 3.10. The summed E-state index contributed by atoms with van der Waals surface area (Å²) in [7, 11) is 0. The van der Waals surface area contributed by atoms with Crippen molar-refractivity contribution in [1.29, 1.82) is 0 Å². The van der Waals surface area contributed by atoms with Gasteiger partial charge in [0.05, 0.1) is 0 Å². The quantitative estimate of drug-likeness (QED) is 0.721. The maximum Gasteiger partial charge on any atom is 0.162 e. The van der Waals surface area contributed by atoms with E-state index in [-0.39, 0.29) is 6.10 Å². The second-order valence-electron chi connectivity index (χ2n) is 7.38. The zero-order chi connectivity index (χ0) is 13.9. The number of ether oxygens (including phenoxy) is 1. The summed E-state index contributed by atoms with van der Waals surface area (Å²) < 4.78 is 5.88. The predicted octanol–water partition coefficient (Wildman–Crippen LogP) is 4.37. The van der Waals surface area contributed by atoms with Gasteiger partial charge in [-0.15, -0.1) is 0 Å². The Kier molecular flexibility index (Phi) is 4.80. The van der Waals surface area contributed by atoms with Crippen LogP contribution in [-0.4, -0.2) is 18.5 Å². The molecule has 0 aromatic rings. The van der Waals surface area contributed by atoms with E-state index in [4.69, 9.17) is 4.74 Å². The van der Waals surface area contributed by atoms with Gasteiger partial charge in [0.15, 0.2) is 5.78 Å². The molecule has 0 radical (unpaired) electrons. The summed E-state index contributed by atoms with van der Waals surface area (Å²) in [5, 5.41) is 0. The van der Waals surface area contributed by atoms with Gasteiger partial charge in [0.2, 0.25) is 0 Å². The molecule has 3 fully saturated rings. The normalized spacial score (nSPS) is 35.4. The van der Waals surface area contributed by atoms with Crippen molar-refractivity contribution >= 4 is 5.78 Å². The second-order valence-corrected chi connectivity index (χ2v) is 7.38. The van der Waals surface area contributed by atoms with Crippen molar-refractivity contribution in [1.82, 2.24) is 0 Å². The minimum absolute atomic E-state index is 0.0839. The fourth-order valence-corrected chi connectivity index (χ4v) is 5.11. The van der Waals surface area contributed by atoms with Crippen molar-refractivity contribution < 1.29 is 9.53 Å². The lowest BCUT2D eigenvalue weighted by molar-refractivity contribution is -0.136. The molecule has 0 N–H and O–H groups in total. The van der Waals surface area contributed by atoms with Crippen molar-refractivity contribution in [2.45, 2.75) is 77.2 Å². The minimum Gasteiger partial charge on any atom is -0.370 e. The largest absolute Gasteiger partial charge is 0.370 e. The number of hydrogen-bond donors (Lipinski definition) is 0. The van der Waals surface area contributed by atoms with Crippen LogP contribution in [0.15, 0.2) is 0 Å². The Morgan fingerprint density at radius 1 is 1.10 bits per heavy atom. The summed E-state index contributed by atoms with van der Waals surface area (Å²) in [4.78, 5) is 12.7. The minimum atomic E-state index is -0.0839. The van der Waals surface area contributed by atoms with Gasteiger partial charge in [-0.1, -0.05) is 25.7 Å². The van der Waals surface area contributed by atoms with Gasteiger partial charge in [0, 0.05) is 13.0 Å². The molecule has 2 nitrogen and oxygen atoms in total. The Hall–Kier alpha value is -0.370. The molecule has 3 rings (SSSR count). The lowest BCUT2D eigenvalue weighted by atomic mass is 9.79. The highest BCUT2D eigenvalue weighted by molar-refractivity contribution is 5.83. The van der Waals surface area contributed by atoms with Crippen LogP contribution in [0, 0.1) is 23.7 Å². The Morgan fingerprint density at radius 2 is 1.90 bits per heavy atom. The van der Waals surface area contributed by atoms with Crippen LogP contribution in [0.5, 0.6) is 0 Å². The lowest BCUT2D eigenvalue weighted by Crippen LogP contribution is -2.35. The molecule has 0 aliphatic heterocycles. The Labute approximate surface area is 123 Å². The van der Waals surface area contributed by atoms with Crippen LogP contribution in [0.25, 0.3) is 0 Å². The van der Waals surface area contributed by atoms with E-state index in [0.717, 1.165) is 18.3 Å². The zero-order valence-electron chi connectivity index (χ0n) is 13.0. The first-order valence-electron chi connectivity index (χ1n) is 8.92. The van der Waals surface area contributed by atoms with E-state index in [0.29, 0.717) is 24.2 Å². The maximum atomic E-state index is 12.7. The Morgan fingerprint density at radius 3 is 2.50 bits per heavy atom. The van der Waals surface area contributed by atoms with Crippen LogP contribution in [0.4, 0.5) is 0 Å². The van der Waals surface area contributed by atoms with E-state index >= 15 is 0 Å². The first kappa shape index (κ1) is 14.6. The van der Waals surface area contributed by atoms with Crippen LogP contribution in [0.3, 0.4) is 0 Å². The van der Waals surface area contributed by atoms with Gasteiger partial charge in [0.1, 0.15) is 6.10 Å². The van der Waals surface area contributed by atoms with Gasteiger partial charge in [-0.25, -0.2) is 0 Å². The van der Waals surface area contributed by atoms with Gasteiger partial charge < -0.3 is 4.74 Å². The first-order chi connectivity index (χ1) is 9.78. The van der Waals surface area contributed by atoms with Gasteiger partial charge in [-0.05, 0) is 62.7 Å². The predicted molar refractivity (Wildman–Crippen MR) is 80.6 cm³/mol. The molecule has 3 aliphatic rings. The van der Waals surface area contributed by atoms with E-state index in [9.17, 15) is 4.79 Å². The molecule has 0 amide bonds. The highest BCUT2D eigenvalue weighted by atomic mass is 16.5. The van der Waals surface area contributed by atoms with Crippen molar-refractivity contribution in [3.63, 3.8) is 0 Å². The monoisotopic (exact) mass is 278 g/mol. The molecule has 0 aromatic carbocycles. The standard InChI is InChI=1S/C18H30O2/c1-2-20-18(14-6-4-3-5-7-14)17(19)12-16-11-13-8-9-15(16)10-13/h13-16,18H,2-12H2,1H3. The summed E-state index contributed by atoms with van der Waals surface area (Å²) in [6.07, 6.45) is 12.6. The third-order valence-electron chi connectivity index (χ3n) is 6.09. The summed E-state index contributed by atoms with van der Waals surface area (Å²) in [5.41, 5.74) is 0. The van der Waals surface area contributed by atoms with Crippen molar-refractivity contribution in [2.24, 2.45) is 23.7 Å². The number of carbonyl (C=O) groups is 1. The maximum absolute atomic E-state index is 12.7. The van der Waals surface area contributed by atoms with E-state index in [2.05, 4.69) is 0 Å². The molecule has 0 heterocycles. The van der Waals surface area contributed by atoms with Crippen LogP contribution < -0.4 is 0 Å². The van der Waals surface area contributed by atoms with Gasteiger partial charge >= 0.3 is 0 Å².